The zero-order valence-corrected chi connectivity index (χ0v) is 9.76. The first kappa shape index (κ1) is 11.1. The van der Waals surface area contributed by atoms with E-state index < -0.39 is 6.43 Å². The number of rotatable bonds is 3. The molecule has 92 valence electrons. The van der Waals surface area contributed by atoms with Gasteiger partial charge in [0, 0.05) is 24.9 Å². The summed E-state index contributed by atoms with van der Waals surface area (Å²) in [6.07, 6.45) is -0.359. The van der Waals surface area contributed by atoms with Crippen LogP contribution in [-0.4, -0.2) is 19.5 Å². The molecule has 1 N–H and O–H groups in total. The van der Waals surface area contributed by atoms with Crippen LogP contribution in [0.1, 0.15) is 24.8 Å². The minimum absolute atomic E-state index is 0.0127. The molecule has 1 saturated carbocycles. The predicted octanol–water partition coefficient (Wildman–Crippen LogP) is 2.96. The molecular formula is C14H17F2N. The summed E-state index contributed by atoms with van der Waals surface area (Å²) in [5, 5.41) is 3.26. The first-order valence-corrected chi connectivity index (χ1v) is 6.19. The second kappa shape index (κ2) is 3.77. The number of hydrogen-bond acceptors (Lipinski definition) is 1. The van der Waals surface area contributed by atoms with Gasteiger partial charge in [-0.05, 0) is 23.8 Å². The molecule has 1 heterocycles. The van der Waals surface area contributed by atoms with E-state index in [0.717, 1.165) is 31.5 Å². The minimum atomic E-state index is -2.21. The van der Waals surface area contributed by atoms with Crippen molar-refractivity contribution < 1.29 is 8.78 Å². The Kier molecular flexibility index (Phi) is 2.47. The topological polar surface area (TPSA) is 12.0 Å². The Morgan fingerprint density at radius 3 is 2.24 bits per heavy atom. The number of hydrogen-bond donors (Lipinski definition) is 1. The van der Waals surface area contributed by atoms with E-state index in [1.54, 1.807) is 0 Å². The second-order valence-electron chi connectivity index (χ2n) is 5.70. The summed E-state index contributed by atoms with van der Waals surface area (Å²) in [5.74, 6) is 0. The maximum absolute atomic E-state index is 12.8. The number of alkyl halides is 2. The van der Waals surface area contributed by atoms with Gasteiger partial charge >= 0.3 is 0 Å². The van der Waals surface area contributed by atoms with Gasteiger partial charge in [-0.1, -0.05) is 30.3 Å². The SMILES string of the molecule is FC(F)CC1(c2ccccc2)CC2(CNC2)C1. The molecule has 0 bridgehead atoms. The molecule has 1 aliphatic heterocycles. The molecule has 0 unspecified atom stereocenters. The molecule has 2 aliphatic rings. The van der Waals surface area contributed by atoms with Crippen LogP contribution < -0.4 is 5.32 Å². The third-order valence-corrected chi connectivity index (χ3v) is 4.36. The fourth-order valence-electron chi connectivity index (χ4n) is 3.67. The van der Waals surface area contributed by atoms with Gasteiger partial charge in [-0.3, -0.25) is 0 Å². The number of halogens is 2. The van der Waals surface area contributed by atoms with Crippen molar-refractivity contribution in [3.05, 3.63) is 35.9 Å². The number of nitrogens with one attached hydrogen (secondary N) is 1. The average Bonchev–Trinajstić information content (AvgIpc) is 2.21. The van der Waals surface area contributed by atoms with E-state index >= 15 is 0 Å². The molecule has 3 rings (SSSR count). The molecule has 1 aliphatic carbocycles. The molecule has 17 heavy (non-hydrogen) atoms. The summed E-state index contributed by atoms with van der Waals surface area (Å²) >= 11 is 0. The Morgan fingerprint density at radius 1 is 1.12 bits per heavy atom. The van der Waals surface area contributed by atoms with E-state index in [9.17, 15) is 8.78 Å². The fourth-order valence-corrected chi connectivity index (χ4v) is 3.67. The minimum Gasteiger partial charge on any atom is -0.316 e. The lowest BCUT2D eigenvalue weighted by molar-refractivity contribution is -0.0553. The molecule has 1 aromatic carbocycles. The summed E-state index contributed by atoms with van der Waals surface area (Å²) in [7, 11) is 0. The first-order chi connectivity index (χ1) is 8.14. The van der Waals surface area contributed by atoms with Crippen molar-refractivity contribution in [1.29, 1.82) is 0 Å². The quantitative estimate of drug-likeness (QED) is 0.852. The maximum atomic E-state index is 12.8. The Balaban J connectivity index is 1.83. The normalized spacial score (nSPS) is 24.4. The van der Waals surface area contributed by atoms with Crippen LogP contribution in [0.3, 0.4) is 0 Å². The van der Waals surface area contributed by atoms with Crippen LogP contribution >= 0.6 is 0 Å². The molecule has 1 saturated heterocycles. The van der Waals surface area contributed by atoms with E-state index in [1.807, 2.05) is 30.3 Å². The van der Waals surface area contributed by atoms with Crippen molar-refractivity contribution in [2.24, 2.45) is 5.41 Å². The highest BCUT2D eigenvalue weighted by molar-refractivity contribution is 5.32. The van der Waals surface area contributed by atoms with Gasteiger partial charge in [0.1, 0.15) is 0 Å². The van der Waals surface area contributed by atoms with Crippen molar-refractivity contribution in [2.75, 3.05) is 13.1 Å². The smallest absolute Gasteiger partial charge is 0.239 e. The molecular weight excluding hydrogens is 220 g/mol. The van der Waals surface area contributed by atoms with Crippen LogP contribution in [0, 0.1) is 5.41 Å². The summed E-state index contributed by atoms with van der Waals surface area (Å²) in [4.78, 5) is 0. The highest BCUT2D eigenvalue weighted by Crippen LogP contribution is 2.59. The van der Waals surface area contributed by atoms with Crippen LogP contribution in [0.2, 0.25) is 0 Å². The van der Waals surface area contributed by atoms with Crippen LogP contribution in [0.15, 0.2) is 30.3 Å². The van der Waals surface area contributed by atoms with Gasteiger partial charge in [-0.2, -0.15) is 0 Å². The van der Waals surface area contributed by atoms with Crippen LogP contribution in [0.5, 0.6) is 0 Å². The predicted molar refractivity (Wildman–Crippen MR) is 63.3 cm³/mol. The van der Waals surface area contributed by atoms with Crippen molar-refractivity contribution in [1.82, 2.24) is 5.32 Å². The lowest BCUT2D eigenvalue weighted by atomic mass is 9.47. The largest absolute Gasteiger partial charge is 0.316 e. The Morgan fingerprint density at radius 2 is 1.76 bits per heavy atom. The zero-order chi connectivity index (χ0) is 11.9. The van der Waals surface area contributed by atoms with Crippen LogP contribution in [0.4, 0.5) is 8.78 Å². The van der Waals surface area contributed by atoms with E-state index in [0.29, 0.717) is 5.41 Å². The molecule has 0 radical (unpaired) electrons. The van der Waals surface area contributed by atoms with E-state index in [2.05, 4.69) is 5.32 Å². The van der Waals surface area contributed by atoms with Crippen molar-refractivity contribution in [2.45, 2.75) is 31.1 Å². The van der Waals surface area contributed by atoms with Gasteiger partial charge in [0.15, 0.2) is 0 Å². The summed E-state index contributed by atoms with van der Waals surface area (Å²) in [6.45, 7) is 2.01. The first-order valence-electron chi connectivity index (χ1n) is 6.19. The van der Waals surface area contributed by atoms with Gasteiger partial charge in [0.2, 0.25) is 6.43 Å². The van der Waals surface area contributed by atoms with Gasteiger partial charge in [-0.15, -0.1) is 0 Å². The molecule has 0 atom stereocenters. The van der Waals surface area contributed by atoms with Crippen molar-refractivity contribution in [3.63, 3.8) is 0 Å². The monoisotopic (exact) mass is 237 g/mol. The Bertz CT molecular complexity index is 390. The lowest BCUT2D eigenvalue weighted by Gasteiger charge is -2.61. The Labute approximate surface area is 100 Å². The van der Waals surface area contributed by atoms with Crippen LogP contribution in [0.25, 0.3) is 0 Å². The standard InChI is InChI=1S/C14H17F2N/c15-12(16)6-14(11-4-2-1-3-5-11)7-13(8-14)9-17-10-13/h1-5,12,17H,6-10H2. The number of benzene rings is 1. The van der Waals surface area contributed by atoms with E-state index in [1.165, 1.54) is 0 Å². The highest BCUT2D eigenvalue weighted by atomic mass is 19.3. The van der Waals surface area contributed by atoms with E-state index in [-0.39, 0.29) is 11.8 Å². The molecule has 1 spiro atoms. The van der Waals surface area contributed by atoms with E-state index in [4.69, 9.17) is 0 Å². The van der Waals surface area contributed by atoms with Gasteiger partial charge < -0.3 is 5.32 Å². The molecule has 1 nitrogen and oxygen atoms in total. The Hall–Kier alpha value is -0.960. The van der Waals surface area contributed by atoms with Crippen molar-refractivity contribution >= 4 is 0 Å². The van der Waals surface area contributed by atoms with Gasteiger partial charge in [-0.25, -0.2) is 8.78 Å². The molecule has 2 fully saturated rings. The molecule has 0 amide bonds. The van der Waals surface area contributed by atoms with Gasteiger partial charge in [0.25, 0.3) is 0 Å². The highest BCUT2D eigenvalue weighted by Gasteiger charge is 2.58. The van der Waals surface area contributed by atoms with Crippen molar-refractivity contribution in [3.8, 4) is 0 Å². The molecule has 3 heteroatoms. The summed E-state index contributed by atoms with van der Waals surface area (Å²) in [6, 6.07) is 9.85. The zero-order valence-electron chi connectivity index (χ0n) is 9.76. The lowest BCUT2D eigenvalue weighted by Crippen LogP contribution is -2.65. The van der Waals surface area contributed by atoms with Crippen LogP contribution in [-0.2, 0) is 5.41 Å². The third kappa shape index (κ3) is 1.77. The third-order valence-electron chi connectivity index (χ3n) is 4.36. The molecule has 0 aromatic heterocycles. The summed E-state index contributed by atoms with van der Waals surface area (Å²) in [5.41, 5.74) is 1.15. The maximum Gasteiger partial charge on any atom is 0.239 e. The van der Waals surface area contributed by atoms with Gasteiger partial charge in [0.05, 0.1) is 0 Å². The second-order valence-corrected chi connectivity index (χ2v) is 5.70. The average molecular weight is 237 g/mol. The fraction of sp³-hybridized carbons (Fsp3) is 0.571. The molecule has 1 aromatic rings. The summed E-state index contributed by atoms with van der Waals surface area (Å²) < 4.78 is 25.6.